The molecule has 1 heterocycles. The Labute approximate surface area is 97.6 Å². The zero-order valence-electron chi connectivity index (χ0n) is 8.97. The molecule has 0 bridgehead atoms. The molecule has 1 aromatic heterocycles. The maximum Gasteiger partial charge on any atom is 0.241 e. The van der Waals surface area contributed by atoms with Crippen LogP contribution in [0, 0.1) is 6.92 Å². The number of nitrogens with one attached hydrogen (secondary N) is 2. The van der Waals surface area contributed by atoms with Gasteiger partial charge in [-0.15, -0.1) is 0 Å². The molecule has 15 heavy (non-hydrogen) atoms. The van der Waals surface area contributed by atoms with Crippen LogP contribution in [0.25, 0.3) is 0 Å². The van der Waals surface area contributed by atoms with E-state index in [9.17, 15) is 4.79 Å². The first kappa shape index (κ1) is 12.0. The highest BCUT2D eigenvalue weighted by molar-refractivity contribution is 9.10. The van der Waals surface area contributed by atoms with Gasteiger partial charge in [0.05, 0.1) is 0 Å². The topological polar surface area (TPSA) is 54.0 Å². The number of carbonyl (C=O) groups is 1. The Kier molecular flexibility index (Phi) is 4.08. The zero-order valence-corrected chi connectivity index (χ0v) is 10.6. The van der Waals surface area contributed by atoms with Gasteiger partial charge in [-0.2, -0.15) is 0 Å². The fourth-order valence-corrected chi connectivity index (χ4v) is 1.34. The SMILES string of the molecule is CNC(=O)C(C)Nc1cc(C)c(Br)cn1. The van der Waals surface area contributed by atoms with E-state index in [1.54, 1.807) is 20.2 Å². The minimum Gasteiger partial charge on any atom is -0.359 e. The van der Waals surface area contributed by atoms with Gasteiger partial charge >= 0.3 is 0 Å². The van der Waals surface area contributed by atoms with Crippen molar-refractivity contribution in [2.45, 2.75) is 19.9 Å². The maximum absolute atomic E-state index is 11.3. The molecule has 4 nitrogen and oxygen atoms in total. The normalized spacial score (nSPS) is 12.0. The number of likely N-dealkylation sites (N-methyl/N-ethyl adjacent to an activating group) is 1. The third-order valence-electron chi connectivity index (χ3n) is 2.05. The van der Waals surface area contributed by atoms with Gasteiger partial charge in [-0.3, -0.25) is 4.79 Å². The van der Waals surface area contributed by atoms with Crippen molar-refractivity contribution >= 4 is 27.7 Å². The fourth-order valence-electron chi connectivity index (χ4n) is 1.12. The predicted molar refractivity (Wildman–Crippen MR) is 63.8 cm³/mol. The van der Waals surface area contributed by atoms with E-state index in [4.69, 9.17) is 0 Å². The van der Waals surface area contributed by atoms with Crippen LogP contribution in [0.5, 0.6) is 0 Å². The molecule has 0 aliphatic carbocycles. The Morgan fingerprint density at radius 1 is 1.60 bits per heavy atom. The highest BCUT2D eigenvalue weighted by Crippen LogP contribution is 2.17. The van der Waals surface area contributed by atoms with Gasteiger partial charge < -0.3 is 10.6 Å². The molecule has 0 radical (unpaired) electrons. The van der Waals surface area contributed by atoms with Crippen molar-refractivity contribution in [1.29, 1.82) is 0 Å². The summed E-state index contributed by atoms with van der Waals surface area (Å²) in [6.07, 6.45) is 1.72. The summed E-state index contributed by atoms with van der Waals surface area (Å²) in [5.41, 5.74) is 1.08. The van der Waals surface area contributed by atoms with Crippen LogP contribution in [0.3, 0.4) is 0 Å². The molecular formula is C10H14BrN3O. The van der Waals surface area contributed by atoms with Crippen LogP contribution in [0.2, 0.25) is 0 Å². The van der Waals surface area contributed by atoms with Gasteiger partial charge in [0.15, 0.2) is 0 Å². The van der Waals surface area contributed by atoms with E-state index >= 15 is 0 Å². The lowest BCUT2D eigenvalue weighted by Gasteiger charge is -2.13. The Hall–Kier alpha value is -1.10. The van der Waals surface area contributed by atoms with Gasteiger partial charge in [-0.25, -0.2) is 4.98 Å². The average molecular weight is 272 g/mol. The Morgan fingerprint density at radius 2 is 2.27 bits per heavy atom. The average Bonchev–Trinajstić information content (AvgIpc) is 2.22. The number of nitrogens with zero attached hydrogens (tertiary/aromatic N) is 1. The van der Waals surface area contributed by atoms with E-state index in [1.165, 1.54) is 0 Å². The second-order valence-electron chi connectivity index (χ2n) is 3.30. The lowest BCUT2D eigenvalue weighted by Crippen LogP contribution is -2.35. The molecule has 0 saturated heterocycles. The summed E-state index contributed by atoms with van der Waals surface area (Å²) in [6.45, 7) is 3.76. The number of rotatable bonds is 3. The molecule has 0 fully saturated rings. The number of anilines is 1. The maximum atomic E-state index is 11.3. The summed E-state index contributed by atoms with van der Waals surface area (Å²) in [7, 11) is 1.61. The number of aryl methyl sites for hydroxylation is 1. The first-order valence-electron chi connectivity index (χ1n) is 4.65. The van der Waals surface area contributed by atoms with E-state index < -0.39 is 0 Å². The van der Waals surface area contributed by atoms with Crippen LogP contribution < -0.4 is 10.6 Å². The van der Waals surface area contributed by atoms with Crippen LogP contribution >= 0.6 is 15.9 Å². The van der Waals surface area contributed by atoms with Gasteiger partial charge in [-0.05, 0) is 41.4 Å². The number of carbonyl (C=O) groups excluding carboxylic acids is 1. The van der Waals surface area contributed by atoms with Gasteiger partial charge in [-0.1, -0.05) is 0 Å². The van der Waals surface area contributed by atoms with E-state index in [2.05, 4.69) is 31.5 Å². The molecular weight excluding hydrogens is 258 g/mol. The first-order valence-corrected chi connectivity index (χ1v) is 5.44. The largest absolute Gasteiger partial charge is 0.359 e. The molecule has 0 saturated carbocycles. The van der Waals surface area contributed by atoms with E-state index in [0.29, 0.717) is 5.82 Å². The summed E-state index contributed by atoms with van der Waals surface area (Å²) in [5, 5.41) is 5.59. The van der Waals surface area contributed by atoms with Crippen molar-refractivity contribution in [1.82, 2.24) is 10.3 Å². The Morgan fingerprint density at radius 3 is 2.80 bits per heavy atom. The fraction of sp³-hybridized carbons (Fsp3) is 0.400. The number of hydrogen-bond donors (Lipinski definition) is 2. The second-order valence-corrected chi connectivity index (χ2v) is 4.15. The Balaban J connectivity index is 2.73. The van der Waals surface area contributed by atoms with Crippen LogP contribution in [0.1, 0.15) is 12.5 Å². The molecule has 82 valence electrons. The molecule has 0 aliphatic rings. The quantitative estimate of drug-likeness (QED) is 0.880. The molecule has 1 rings (SSSR count). The van der Waals surface area contributed by atoms with Gasteiger partial charge in [0, 0.05) is 17.7 Å². The van der Waals surface area contributed by atoms with Crippen molar-refractivity contribution in [3.63, 3.8) is 0 Å². The molecule has 2 N–H and O–H groups in total. The van der Waals surface area contributed by atoms with E-state index in [1.807, 2.05) is 13.0 Å². The Bertz CT molecular complexity index is 368. The third-order valence-corrected chi connectivity index (χ3v) is 2.88. The molecule has 0 spiro atoms. The minimum absolute atomic E-state index is 0.0580. The molecule has 1 unspecified atom stereocenters. The van der Waals surface area contributed by atoms with Crippen molar-refractivity contribution in [3.8, 4) is 0 Å². The third kappa shape index (κ3) is 3.20. The standard InChI is InChI=1S/C10H14BrN3O/c1-6-4-9(13-5-8(6)11)14-7(2)10(15)12-3/h4-5,7H,1-3H3,(H,12,15)(H,13,14). The monoisotopic (exact) mass is 271 g/mol. The zero-order chi connectivity index (χ0) is 11.4. The van der Waals surface area contributed by atoms with Crippen LogP contribution in [0.4, 0.5) is 5.82 Å². The van der Waals surface area contributed by atoms with E-state index in [-0.39, 0.29) is 11.9 Å². The molecule has 1 amide bonds. The summed E-state index contributed by atoms with van der Waals surface area (Å²) in [6, 6.07) is 1.60. The van der Waals surface area contributed by atoms with Gasteiger partial charge in [0.25, 0.3) is 0 Å². The number of halogens is 1. The molecule has 1 atom stereocenters. The molecule has 1 aromatic rings. The molecule has 0 aromatic carbocycles. The molecule has 0 aliphatic heterocycles. The number of amides is 1. The number of hydrogen-bond acceptors (Lipinski definition) is 3. The van der Waals surface area contributed by atoms with Crippen LogP contribution in [-0.2, 0) is 4.79 Å². The van der Waals surface area contributed by atoms with Crippen molar-refractivity contribution in [2.24, 2.45) is 0 Å². The van der Waals surface area contributed by atoms with Gasteiger partial charge in [0.2, 0.25) is 5.91 Å². The highest BCUT2D eigenvalue weighted by atomic mass is 79.9. The smallest absolute Gasteiger partial charge is 0.241 e. The summed E-state index contributed by atoms with van der Waals surface area (Å²) in [5.74, 6) is 0.643. The number of pyridine rings is 1. The minimum atomic E-state index is -0.289. The van der Waals surface area contributed by atoms with Crippen molar-refractivity contribution in [3.05, 3.63) is 22.3 Å². The lowest BCUT2D eigenvalue weighted by molar-refractivity contribution is -0.121. The van der Waals surface area contributed by atoms with E-state index in [0.717, 1.165) is 10.0 Å². The first-order chi connectivity index (χ1) is 7.04. The number of aromatic nitrogens is 1. The summed E-state index contributed by atoms with van der Waals surface area (Å²) in [4.78, 5) is 15.4. The van der Waals surface area contributed by atoms with Crippen molar-refractivity contribution in [2.75, 3.05) is 12.4 Å². The van der Waals surface area contributed by atoms with Crippen LogP contribution in [0.15, 0.2) is 16.7 Å². The molecule has 5 heteroatoms. The summed E-state index contributed by atoms with van der Waals surface area (Å²) < 4.78 is 0.959. The van der Waals surface area contributed by atoms with Gasteiger partial charge in [0.1, 0.15) is 11.9 Å². The highest BCUT2D eigenvalue weighted by Gasteiger charge is 2.10. The van der Waals surface area contributed by atoms with Crippen molar-refractivity contribution < 1.29 is 4.79 Å². The second kappa shape index (κ2) is 5.11. The summed E-state index contributed by atoms with van der Waals surface area (Å²) >= 11 is 3.37. The lowest BCUT2D eigenvalue weighted by atomic mass is 10.2. The van der Waals surface area contributed by atoms with Crippen LogP contribution in [-0.4, -0.2) is 24.0 Å². The predicted octanol–water partition coefficient (Wildman–Crippen LogP) is 1.70.